The van der Waals surface area contributed by atoms with E-state index >= 15 is 0 Å². The fourth-order valence-electron chi connectivity index (χ4n) is 2.10. The maximum Gasteiger partial charge on any atom is 0.224 e. The van der Waals surface area contributed by atoms with Crippen LogP contribution in [0.25, 0.3) is 0 Å². The topological polar surface area (TPSA) is 38.2 Å². The van der Waals surface area contributed by atoms with Gasteiger partial charge in [0.1, 0.15) is 23.7 Å². The molecule has 22 heavy (non-hydrogen) atoms. The lowest BCUT2D eigenvalue weighted by molar-refractivity contribution is 0.459. The molecule has 0 N–H and O–H groups in total. The Hall–Kier alpha value is -1.88. The Morgan fingerprint density at radius 1 is 1.14 bits per heavy atom. The van der Waals surface area contributed by atoms with E-state index in [0.717, 1.165) is 31.7 Å². The summed E-state index contributed by atoms with van der Waals surface area (Å²) in [7, 11) is 0. The normalized spacial score (nSPS) is 10.5. The van der Waals surface area contributed by atoms with Gasteiger partial charge in [-0.1, -0.05) is 25.4 Å². The second kappa shape index (κ2) is 7.94. The summed E-state index contributed by atoms with van der Waals surface area (Å²) in [5, 5.41) is 0.0189. The van der Waals surface area contributed by atoms with Crippen molar-refractivity contribution in [2.45, 2.75) is 26.7 Å². The Bertz CT molecular complexity index is 618. The zero-order chi connectivity index (χ0) is 15.9. The van der Waals surface area contributed by atoms with Crippen molar-refractivity contribution in [2.24, 2.45) is 0 Å². The van der Waals surface area contributed by atoms with Gasteiger partial charge in [0.15, 0.2) is 0 Å². The van der Waals surface area contributed by atoms with Gasteiger partial charge < -0.3 is 9.64 Å². The van der Waals surface area contributed by atoms with Crippen LogP contribution >= 0.6 is 11.6 Å². The number of benzene rings is 1. The van der Waals surface area contributed by atoms with Gasteiger partial charge in [-0.25, -0.2) is 14.4 Å². The Balaban J connectivity index is 2.18. The molecule has 0 aliphatic rings. The van der Waals surface area contributed by atoms with Gasteiger partial charge in [-0.3, -0.25) is 0 Å². The molecule has 0 radical (unpaired) electrons. The average Bonchev–Trinajstić information content (AvgIpc) is 2.51. The summed E-state index contributed by atoms with van der Waals surface area (Å²) in [6.45, 7) is 6.10. The monoisotopic (exact) mass is 323 g/mol. The van der Waals surface area contributed by atoms with E-state index in [-0.39, 0.29) is 5.02 Å². The molecule has 1 aromatic carbocycles. The molecule has 0 fully saturated rings. The standard InChI is InChI=1S/C16H19ClFN3O/c1-3-7-21(8-4-2)15-10-16(20-11-19-15)22-12-5-6-14(18)13(17)9-12/h5-6,9-11H,3-4,7-8H2,1-2H3. The number of nitrogens with zero attached hydrogens (tertiary/aromatic N) is 3. The maximum atomic E-state index is 13.2. The van der Waals surface area contributed by atoms with Crippen LogP contribution in [0, 0.1) is 5.82 Å². The van der Waals surface area contributed by atoms with Crippen LogP contribution in [0.4, 0.5) is 10.2 Å². The van der Waals surface area contributed by atoms with E-state index in [9.17, 15) is 4.39 Å². The van der Waals surface area contributed by atoms with Crippen LogP contribution in [0.15, 0.2) is 30.6 Å². The van der Waals surface area contributed by atoms with Crippen LogP contribution in [0.1, 0.15) is 26.7 Å². The molecule has 0 spiro atoms. The molecule has 0 saturated heterocycles. The summed E-state index contributed by atoms with van der Waals surface area (Å²) < 4.78 is 18.8. The first-order chi connectivity index (χ1) is 10.6. The molecule has 6 heteroatoms. The van der Waals surface area contributed by atoms with Crippen LogP contribution < -0.4 is 9.64 Å². The fraction of sp³-hybridized carbons (Fsp3) is 0.375. The molecule has 1 aromatic heterocycles. The van der Waals surface area contributed by atoms with E-state index < -0.39 is 5.82 Å². The quantitative estimate of drug-likeness (QED) is 0.741. The molecule has 0 saturated carbocycles. The highest BCUT2D eigenvalue weighted by molar-refractivity contribution is 6.30. The van der Waals surface area contributed by atoms with Crippen LogP contribution in [0.3, 0.4) is 0 Å². The first kappa shape index (κ1) is 16.5. The van der Waals surface area contributed by atoms with Gasteiger partial charge in [-0.15, -0.1) is 0 Å². The number of anilines is 1. The van der Waals surface area contributed by atoms with E-state index in [2.05, 4.69) is 28.7 Å². The average molecular weight is 324 g/mol. The lowest BCUT2D eigenvalue weighted by Crippen LogP contribution is -2.25. The second-order valence-electron chi connectivity index (χ2n) is 4.88. The molecule has 0 bridgehead atoms. The van der Waals surface area contributed by atoms with Crippen molar-refractivity contribution in [1.82, 2.24) is 9.97 Å². The van der Waals surface area contributed by atoms with Crippen LogP contribution in [-0.2, 0) is 0 Å². The number of aromatic nitrogens is 2. The largest absolute Gasteiger partial charge is 0.439 e. The number of ether oxygens (including phenoxy) is 1. The van der Waals surface area contributed by atoms with E-state index in [1.165, 1.54) is 24.5 Å². The highest BCUT2D eigenvalue weighted by Gasteiger charge is 2.09. The predicted octanol–water partition coefficient (Wildman–Crippen LogP) is 4.69. The third-order valence-electron chi connectivity index (χ3n) is 3.05. The summed E-state index contributed by atoms with van der Waals surface area (Å²) in [5.74, 6) is 1.19. The molecule has 0 aliphatic carbocycles. The molecule has 2 aromatic rings. The fourth-order valence-corrected chi connectivity index (χ4v) is 2.27. The summed E-state index contributed by atoms with van der Waals surface area (Å²) in [5.41, 5.74) is 0. The lowest BCUT2D eigenvalue weighted by Gasteiger charge is -2.22. The van der Waals surface area contributed by atoms with Gasteiger partial charge in [-0.2, -0.15) is 0 Å². The predicted molar refractivity (Wildman–Crippen MR) is 86.3 cm³/mol. The zero-order valence-electron chi connectivity index (χ0n) is 12.7. The Labute approximate surface area is 134 Å². The molecule has 118 valence electrons. The SMILES string of the molecule is CCCN(CCC)c1cc(Oc2ccc(F)c(Cl)c2)ncn1. The van der Waals surface area contributed by atoms with Crippen molar-refractivity contribution in [2.75, 3.05) is 18.0 Å². The zero-order valence-corrected chi connectivity index (χ0v) is 13.5. The summed E-state index contributed by atoms with van der Waals surface area (Å²) in [6.07, 6.45) is 3.54. The molecular formula is C16H19ClFN3O. The molecule has 0 aliphatic heterocycles. The minimum Gasteiger partial charge on any atom is -0.439 e. The van der Waals surface area contributed by atoms with Gasteiger partial charge in [0, 0.05) is 25.2 Å². The summed E-state index contributed by atoms with van der Waals surface area (Å²) in [6, 6.07) is 5.98. The molecule has 0 unspecified atom stereocenters. The van der Waals surface area contributed by atoms with Gasteiger partial charge in [0.2, 0.25) is 5.88 Å². The van der Waals surface area contributed by atoms with Gasteiger partial charge in [0.05, 0.1) is 5.02 Å². The Morgan fingerprint density at radius 3 is 2.50 bits per heavy atom. The van der Waals surface area contributed by atoms with Crippen molar-refractivity contribution in [3.05, 3.63) is 41.4 Å². The van der Waals surface area contributed by atoms with Crippen LogP contribution in [-0.4, -0.2) is 23.1 Å². The minimum atomic E-state index is -0.477. The number of hydrogen-bond acceptors (Lipinski definition) is 4. The number of hydrogen-bond donors (Lipinski definition) is 0. The minimum absolute atomic E-state index is 0.0189. The van der Waals surface area contributed by atoms with E-state index in [4.69, 9.17) is 16.3 Å². The van der Waals surface area contributed by atoms with Crippen molar-refractivity contribution < 1.29 is 9.13 Å². The Morgan fingerprint density at radius 2 is 1.86 bits per heavy atom. The number of halogens is 2. The molecule has 0 amide bonds. The molecule has 4 nitrogen and oxygen atoms in total. The molecule has 2 rings (SSSR count). The van der Waals surface area contributed by atoms with Crippen LogP contribution in [0.2, 0.25) is 5.02 Å². The van der Waals surface area contributed by atoms with E-state index in [1.807, 2.05) is 0 Å². The van der Waals surface area contributed by atoms with E-state index in [1.54, 1.807) is 6.07 Å². The first-order valence-electron chi connectivity index (χ1n) is 7.34. The van der Waals surface area contributed by atoms with E-state index in [0.29, 0.717) is 11.6 Å². The maximum absolute atomic E-state index is 13.2. The third-order valence-corrected chi connectivity index (χ3v) is 3.34. The highest BCUT2D eigenvalue weighted by atomic mass is 35.5. The smallest absolute Gasteiger partial charge is 0.224 e. The van der Waals surface area contributed by atoms with Crippen molar-refractivity contribution in [1.29, 1.82) is 0 Å². The molecule has 0 atom stereocenters. The first-order valence-corrected chi connectivity index (χ1v) is 7.71. The van der Waals surface area contributed by atoms with Crippen molar-refractivity contribution >= 4 is 17.4 Å². The Kier molecular flexibility index (Phi) is 5.95. The van der Waals surface area contributed by atoms with Crippen molar-refractivity contribution in [3.63, 3.8) is 0 Å². The summed E-state index contributed by atoms with van der Waals surface area (Å²) >= 11 is 5.75. The van der Waals surface area contributed by atoms with Gasteiger partial charge in [-0.05, 0) is 25.0 Å². The van der Waals surface area contributed by atoms with Crippen molar-refractivity contribution in [3.8, 4) is 11.6 Å². The van der Waals surface area contributed by atoms with Gasteiger partial charge in [0.25, 0.3) is 0 Å². The number of rotatable bonds is 7. The summed E-state index contributed by atoms with van der Waals surface area (Å²) in [4.78, 5) is 10.6. The molecular weight excluding hydrogens is 305 g/mol. The lowest BCUT2D eigenvalue weighted by atomic mass is 10.3. The molecule has 1 heterocycles. The second-order valence-corrected chi connectivity index (χ2v) is 5.29. The van der Waals surface area contributed by atoms with Gasteiger partial charge >= 0.3 is 0 Å². The van der Waals surface area contributed by atoms with Crippen LogP contribution in [0.5, 0.6) is 11.6 Å². The highest BCUT2D eigenvalue weighted by Crippen LogP contribution is 2.26. The third kappa shape index (κ3) is 4.31.